The van der Waals surface area contributed by atoms with Gasteiger partial charge in [-0.25, -0.2) is 13.6 Å². The molecule has 0 fully saturated rings. The van der Waals surface area contributed by atoms with Gasteiger partial charge in [-0.05, 0) is 43.2 Å². The highest BCUT2D eigenvalue weighted by Crippen LogP contribution is 2.26. The lowest BCUT2D eigenvalue weighted by molar-refractivity contribution is 0.0929. The molecule has 9 heteroatoms. The summed E-state index contributed by atoms with van der Waals surface area (Å²) in [5, 5.41) is 6.30. The maximum atomic E-state index is 14.0. The number of benzene rings is 3. The Balaban J connectivity index is 1.37. The zero-order valence-electron chi connectivity index (χ0n) is 21.7. The Hall–Kier alpha value is -4.53. The fraction of sp³-hybridized carbons (Fsp3) is 0.233. The first-order valence-electron chi connectivity index (χ1n) is 12.5. The molecular weight excluding hydrogens is 504 g/mol. The van der Waals surface area contributed by atoms with Gasteiger partial charge in [0.05, 0.1) is 16.7 Å². The smallest absolute Gasteiger partial charge is 0.407 e. The summed E-state index contributed by atoms with van der Waals surface area (Å²) in [4.78, 5) is 29.6. The van der Waals surface area contributed by atoms with E-state index in [0.29, 0.717) is 28.6 Å². The van der Waals surface area contributed by atoms with Gasteiger partial charge in [-0.3, -0.25) is 9.78 Å². The summed E-state index contributed by atoms with van der Waals surface area (Å²) in [5.41, 5.74) is 0.714. The fourth-order valence-electron chi connectivity index (χ4n) is 3.83. The van der Waals surface area contributed by atoms with Crippen molar-refractivity contribution in [1.82, 2.24) is 15.6 Å². The molecule has 4 rings (SSSR count). The number of carbonyl (C=O) groups excluding carboxylic acids is 2. The average Bonchev–Trinajstić information content (AvgIpc) is 2.95. The van der Waals surface area contributed by atoms with E-state index in [1.54, 1.807) is 24.3 Å². The molecule has 1 aromatic heterocycles. The first kappa shape index (κ1) is 27.5. The topological polar surface area (TPSA) is 89.5 Å². The summed E-state index contributed by atoms with van der Waals surface area (Å²) in [6, 6.07) is 19.7. The molecule has 2 amide bonds. The monoisotopic (exact) mass is 533 g/mol. The van der Waals surface area contributed by atoms with Gasteiger partial charge in [0.25, 0.3) is 5.91 Å². The van der Waals surface area contributed by atoms with E-state index in [-0.39, 0.29) is 31.2 Å². The van der Waals surface area contributed by atoms with Crippen LogP contribution in [0, 0.1) is 11.6 Å². The molecule has 0 spiro atoms. The maximum Gasteiger partial charge on any atom is 0.407 e. The number of amides is 2. The third kappa shape index (κ3) is 7.07. The lowest BCUT2D eigenvalue weighted by Gasteiger charge is -2.29. The summed E-state index contributed by atoms with van der Waals surface area (Å²) in [7, 11) is 0. The van der Waals surface area contributed by atoms with Crippen molar-refractivity contribution >= 4 is 22.9 Å². The van der Waals surface area contributed by atoms with Crippen LogP contribution in [0.5, 0.6) is 5.75 Å². The number of aromatic nitrogens is 1. The molecule has 0 bridgehead atoms. The van der Waals surface area contributed by atoms with E-state index in [9.17, 15) is 18.4 Å². The minimum atomic E-state index is -0.739. The lowest BCUT2D eigenvalue weighted by Crippen LogP contribution is -2.53. The highest BCUT2D eigenvalue weighted by Gasteiger charge is 2.26. The van der Waals surface area contributed by atoms with Crippen LogP contribution in [0.4, 0.5) is 13.6 Å². The Morgan fingerprint density at radius 1 is 0.949 bits per heavy atom. The molecule has 7 nitrogen and oxygen atoms in total. The van der Waals surface area contributed by atoms with Gasteiger partial charge in [0.2, 0.25) is 0 Å². The highest BCUT2D eigenvalue weighted by molar-refractivity contribution is 5.98. The van der Waals surface area contributed by atoms with Gasteiger partial charge in [-0.2, -0.15) is 0 Å². The molecule has 0 saturated heterocycles. The Bertz CT molecular complexity index is 1450. The van der Waals surface area contributed by atoms with Crippen LogP contribution in [0.3, 0.4) is 0 Å². The lowest BCUT2D eigenvalue weighted by atomic mass is 9.99. The number of hydrogen-bond acceptors (Lipinski definition) is 5. The molecule has 1 heterocycles. The zero-order chi connectivity index (χ0) is 27.8. The summed E-state index contributed by atoms with van der Waals surface area (Å²) >= 11 is 0. The van der Waals surface area contributed by atoms with E-state index in [1.165, 1.54) is 24.4 Å². The van der Waals surface area contributed by atoms with Crippen molar-refractivity contribution in [2.45, 2.75) is 39.0 Å². The van der Waals surface area contributed by atoms with Crippen molar-refractivity contribution in [3.8, 4) is 5.75 Å². The van der Waals surface area contributed by atoms with Gasteiger partial charge in [0.15, 0.2) is 0 Å². The van der Waals surface area contributed by atoms with E-state index < -0.39 is 23.3 Å². The van der Waals surface area contributed by atoms with Crippen molar-refractivity contribution in [2.75, 3.05) is 6.54 Å². The van der Waals surface area contributed by atoms with Gasteiger partial charge in [0.1, 0.15) is 36.1 Å². The summed E-state index contributed by atoms with van der Waals surface area (Å²) < 4.78 is 38.9. The molecule has 202 valence electrons. The summed E-state index contributed by atoms with van der Waals surface area (Å²) in [6.45, 7) is 3.71. The summed E-state index contributed by atoms with van der Waals surface area (Å²) in [6.07, 6.45) is 1.37. The van der Waals surface area contributed by atoms with E-state index in [2.05, 4.69) is 15.6 Å². The van der Waals surface area contributed by atoms with Crippen LogP contribution in [0.2, 0.25) is 0 Å². The Morgan fingerprint density at radius 2 is 1.67 bits per heavy atom. The Kier molecular flexibility index (Phi) is 8.70. The number of fused-ring (bicyclic) bond motifs is 1. The second-order valence-corrected chi connectivity index (χ2v) is 9.32. The normalized spacial score (nSPS) is 12.4. The molecule has 0 radical (unpaired) electrons. The molecule has 1 atom stereocenters. The van der Waals surface area contributed by atoms with Gasteiger partial charge in [-0.1, -0.05) is 55.5 Å². The number of para-hydroxylation sites is 1. The number of alkyl carbamates (subject to hydrolysis) is 1. The third-order valence-electron chi connectivity index (χ3n) is 6.41. The number of nitrogens with zero attached hydrogens (tertiary/aromatic N) is 1. The average molecular weight is 534 g/mol. The van der Waals surface area contributed by atoms with Crippen LogP contribution >= 0.6 is 0 Å². The second kappa shape index (κ2) is 12.3. The second-order valence-electron chi connectivity index (χ2n) is 9.32. The summed E-state index contributed by atoms with van der Waals surface area (Å²) in [5.74, 6) is -1.43. The molecule has 2 N–H and O–H groups in total. The van der Waals surface area contributed by atoms with Gasteiger partial charge >= 0.3 is 6.09 Å². The SMILES string of the molecule is CC[C@@](C)(CNC(=O)c1cnc2c(OCc3c(F)cccc3F)cccc2c1)NC(=O)OCc1ccccc1. The van der Waals surface area contributed by atoms with Crippen LogP contribution in [0.15, 0.2) is 79.0 Å². The number of ether oxygens (including phenoxy) is 2. The number of carbonyl (C=O) groups is 2. The van der Waals surface area contributed by atoms with Crippen LogP contribution in [0.1, 0.15) is 41.8 Å². The Morgan fingerprint density at radius 3 is 2.38 bits per heavy atom. The van der Waals surface area contributed by atoms with Crippen LogP contribution in [-0.4, -0.2) is 29.1 Å². The van der Waals surface area contributed by atoms with Crippen molar-refractivity contribution in [2.24, 2.45) is 0 Å². The molecule has 0 unspecified atom stereocenters. The minimum Gasteiger partial charge on any atom is -0.486 e. The molecule has 0 saturated carbocycles. The van der Waals surface area contributed by atoms with Crippen molar-refractivity contribution in [3.63, 3.8) is 0 Å². The molecule has 39 heavy (non-hydrogen) atoms. The highest BCUT2D eigenvalue weighted by atomic mass is 19.1. The van der Waals surface area contributed by atoms with Crippen LogP contribution in [-0.2, 0) is 18.0 Å². The van der Waals surface area contributed by atoms with Gasteiger partial charge in [-0.15, -0.1) is 0 Å². The first-order valence-corrected chi connectivity index (χ1v) is 12.5. The predicted molar refractivity (Wildman–Crippen MR) is 143 cm³/mol. The molecule has 4 aromatic rings. The van der Waals surface area contributed by atoms with E-state index >= 15 is 0 Å². The molecule has 0 aliphatic heterocycles. The van der Waals surface area contributed by atoms with Gasteiger partial charge < -0.3 is 20.1 Å². The quantitative estimate of drug-likeness (QED) is 0.264. The number of rotatable bonds is 10. The Labute approximate surface area is 225 Å². The van der Waals surface area contributed by atoms with Crippen molar-refractivity contribution in [3.05, 3.63) is 107 Å². The molecule has 0 aliphatic carbocycles. The maximum absolute atomic E-state index is 14.0. The van der Waals surface area contributed by atoms with Gasteiger partial charge in [0, 0.05) is 18.1 Å². The number of hydrogen-bond donors (Lipinski definition) is 2. The first-order chi connectivity index (χ1) is 18.8. The standard InChI is InChI=1S/C30H29F2N3O4/c1-3-30(2,35-29(37)39-17-20-9-5-4-6-10-20)19-34-28(36)22-15-21-11-7-14-26(27(21)33-16-22)38-18-23-24(31)12-8-13-25(23)32/h4-16H,3,17-19H2,1-2H3,(H,34,36)(H,35,37)/t30-/m0/s1. The minimum absolute atomic E-state index is 0.141. The largest absolute Gasteiger partial charge is 0.486 e. The zero-order valence-corrected chi connectivity index (χ0v) is 21.7. The van der Waals surface area contributed by atoms with Crippen molar-refractivity contribution in [1.29, 1.82) is 0 Å². The number of pyridine rings is 1. The van der Waals surface area contributed by atoms with E-state index in [1.807, 2.05) is 44.2 Å². The third-order valence-corrected chi connectivity index (χ3v) is 6.41. The number of halogens is 2. The number of nitrogens with one attached hydrogen (secondary N) is 2. The molecule has 3 aromatic carbocycles. The van der Waals surface area contributed by atoms with E-state index in [4.69, 9.17) is 9.47 Å². The van der Waals surface area contributed by atoms with Crippen molar-refractivity contribution < 1.29 is 27.8 Å². The molecular formula is C30H29F2N3O4. The van der Waals surface area contributed by atoms with Crippen LogP contribution < -0.4 is 15.4 Å². The fourth-order valence-corrected chi connectivity index (χ4v) is 3.83. The predicted octanol–water partition coefficient (Wildman–Crippen LogP) is 5.92. The molecule has 0 aliphatic rings. The van der Waals surface area contributed by atoms with Crippen LogP contribution in [0.25, 0.3) is 10.9 Å². The van der Waals surface area contributed by atoms with E-state index in [0.717, 1.165) is 5.56 Å².